The molecule has 5 heteroatoms. The molecule has 0 amide bonds. The lowest BCUT2D eigenvalue weighted by atomic mass is 9.35. The number of aliphatic hydroxyl groups is 2. The van der Waals surface area contributed by atoms with Gasteiger partial charge < -0.3 is 14.9 Å². The zero-order chi connectivity index (χ0) is 28.6. The Hall–Kier alpha value is -1.46. The standard InChI is InChI=1S/C34H54N2O3/c1-10-39-29-35-20-22-19-31(6)25(30(4,5)28(22)36-29)14-17-32(7)26(31)18-24(37)27-23(13-16-33(27,32)8)34(9,38)15-11-12-21(2)3/h12,20,23-27,37-38H,10-11,13-19H2,1-9H3/t23-,24+,25-,26+,27-,31-,32+,33+,34-/m0/s1. The highest BCUT2D eigenvalue weighted by Gasteiger charge is 2.71. The molecule has 3 saturated carbocycles. The van der Waals surface area contributed by atoms with Crippen molar-refractivity contribution in [3.8, 4) is 6.01 Å². The van der Waals surface area contributed by atoms with E-state index in [0.29, 0.717) is 24.5 Å². The van der Waals surface area contributed by atoms with Gasteiger partial charge in [0.05, 0.1) is 24.0 Å². The van der Waals surface area contributed by atoms with Crippen LogP contribution in [0.15, 0.2) is 17.8 Å². The predicted octanol–water partition coefficient (Wildman–Crippen LogP) is 7.04. The summed E-state index contributed by atoms with van der Waals surface area (Å²) in [6.07, 6.45) is 11.8. The fourth-order valence-electron chi connectivity index (χ4n) is 10.9. The highest BCUT2D eigenvalue weighted by molar-refractivity contribution is 5.35. The van der Waals surface area contributed by atoms with Crippen LogP contribution in [0.3, 0.4) is 0 Å². The normalized spacial score (nSPS) is 41.9. The Morgan fingerprint density at radius 3 is 2.46 bits per heavy atom. The summed E-state index contributed by atoms with van der Waals surface area (Å²) in [5, 5.41) is 23.8. The first-order chi connectivity index (χ1) is 18.1. The molecule has 9 atom stereocenters. The second-order valence-electron chi connectivity index (χ2n) is 15.5. The zero-order valence-corrected chi connectivity index (χ0v) is 26.1. The van der Waals surface area contributed by atoms with Crippen molar-refractivity contribution in [1.82, 2.24) is 9.97 Å². The molecule has 4 aliphatic carbocycles. The molecule has 1 aromatic rings. The first-order valence-corrected chi connectivity index (χ1v) is 15.6. The molecule has 2 N–H and O–H groups in total. The number of aromatic nitrogens is 2. The van der Waals surface area contributed by atoms with Crippen LogP contribution in [-0.2, 0) is 11.8 Å². The minimum atomic E-state index is -0.763. The van der Waals surface area contributed by atoms with E-state index in [-0.39, 0.29) is 39.6 Å². The molecule has 218 valence electrons. The first-order valence-electron chi connectivity index (χ1n) is 15.6. The topological polar surface area (TPSA) is 75.5 Å². The van der Waals surface area contributed by atoms with Gasteiger partial charge in [0.15, 0.2) is 0 Å². The molecule has 0 aromatic carbocycles. The Morgan fingerprint density at radius 1 is 1.10 bits per heavy atom. The Bertz CT molecular complexity index is 1120. The van der Waals surface area contributed by atoms with Gasteiger partial charge in [0.1, 0.15) is 0 Å². The quantitative estimate of drug-likeness (QED) is 0.380. The van der Waals surface area contributed by atoms with E-state index in [1.54, 1.807) is 0 Å². The van der Waals surface area contributed by atoms with Crippen LogP contribution in [0, 0.1) is 39.9 Å². The van der Waals surface area contributed by atoms with Crippen molar-refractivity contribution < 1.29 is 14.9 Å². The van der Waals surface area contributed by atoms with Crippen molar-refractivity contribution in [2.45, 2.75) is 131 Å². The molecule has 0 radical (unpaired) electrons. The van der Waals surface area contributed by atoms with Gasteiger partial charge in [-0.2, -0.15) is 4.98 Å². The molecule has 3 fully saturated rings. The zero-order valence-electron chi connectivity index (χ0n) is 26.1. The van der Waals surface area contributed by atoms with Crippen LogP contribution in [0.1, 0.15) is 119 Å². The minimum Gasteiger partial charge on any atom is -0.464 e. The highest BCUT2D eigenvalue weighted by atomic mass is 16.5. The third kappa shape index (κ3) is 4.23. The van der Waals surface area contributed by atoms with Crippen LogP contribution in [0.4, 0.5) is 0 Å². The smallest absolute Gasteiger partial charge is 0.316 e. The molecule has 0 aliphatic heterocycles. The molecule has 0 bridgehead atoms. The Balaban J connectivity index is 1.50. The highest BCUT2D eigenvalue weighted by Crippen LogP contribution is 2.75. The molecule has 0 spiro atoms. The Morgan fingerprint density at radius 2 is 1.79 bits per heavy atom. The van der Waals surface area contributed by atoms with Gasteiger partial charge in [-0.25, -0.2) is 4.98 Å². The summed E-state index contributed by atoms with van der Waals surface area (Å²) in [4.78, 5) is 9.52. The average Bonchev–Trinajstić information content (AvgIpc) is 3.22. The van der Waals surface area contributed by atoms with Crippen molar-refractivity contribution in [1.29, 1.82) is 0 Å². The Labute approximate surface area is 237 Å². The van der Waals surface area contributed by atoms with E-state index in [9.17, 15) is 10.2 Å². The number of ether oxygens (including phenoxy) is 1. The molecule has 39 heavy (non-hydrogen) atoms. The lowest BCUT2D eigenvalue weighted by Gasteiger charge is -2.70. The molecule has 0 unspecified atom stereocenters. The fraction of sp³-hybridized carbons (Fsp3) is 0.824. The molecule has 1 aromatic heterocycles. The minimum absolute atomic E-state index is 0.00816. The van der Waals surface area contributed by atoms with E-state index in [2.05, 4.69) is 59.5 Å². The summed E-state index contributed by atoms with van der Waals surface area (Å²) in [7, 11) is 0. The molecule has 1 heterocycles. The van der Waals surface area contributed by atoms with Gasteiger partial charge in [0.25, 0.3) is 0 Å². The number of rotatable bonds is 6. The van der Waals surface area contributed by atoms with Gasteiger partial charge in [-0.15, -0.1) is 0 Å². The number of allylic oxidation sites excluding steroid dienone is 2. The van der Waals surface area contributed by atoms with Gasteiger partial charge in [-0.05, 0) is 125 Å². The Kier molecular flexibility index (Phi) is 7.11. The fourth-order valence-corrected chi connectivity index (χ4v) is 10.9. The third-order valence-electron chi connectivity index (χ3n) is 12.8. The molecular weight excluding hydrogens is 484 g/mol. The second kappa shape index (κ2) is 9.54. The summed E-state index contributed by atoms with van der Waals surface area (Å²) in [6.45, 7) is 21.1. The molecule has 5 rings (SSSR count). The maximum absolute atomic E-state index is 12.0. The largest absolute Gasteiger partial charge is 0.464 e. The maximum atomic E-state index is 12.0. The van der Waals surface area contributed by atoms with Gasteiger partial charge in [-0.3, -0.25) is 0 Å². The SMILES string of the molecule is CCOc1ncc2c(n1)C(C)(C)[C@@H]1CC[C@]3(C)[C@H](C[C@@H](O)[C@@H]4[C@@H]([C@@](C)(O)CCC=C(C)C)CC[C@]43C)[C@@]1(C)C2. The monoisotopic (exact) mass is 538 g/mol. The molecule has 4 aliphatic rings. The predicted molar refractivity (Wildman–Crippen MR) is 157 cm³/mol. The maximum Gasteiger partial charge on any atom is 0.316 e. The van der Waals surface area contributed by atoms with Crippen LogP contribution in [0.5, 0.6) is 6.01 Å². The first kappa shape index (κ1) is 29.0. The molecular formula is C34H54N2O3. The van der Waals surface area contributed by atoms with E-state index in [1.165, 1.54) is 24.0 Å². The van der Waals surface area contributed by atoms with E-state index in [4.69, 9.17) is 9.72 Å². The van der Waals surface area contributed by atoms with Crippen LogP contribution in [0.25, 0.3) is 0 Å². The summed E-state index contributed by atoms with van der Waals surface area (Å²) in [6, 6.07) is 0.491. The number of aliphatic hydroxyl groups excluding tert-OH is 1. The van der Waals surface area contributed by atoms with E-state index in [1.807, 2.05) is 20.0 Å². The van der Waals surface area contributed by atoms with E-state index in [0.717, 1.165) is 44.2 Å². The summed E-state index contributed by atoms with van der Waals surface area (Å²) in [5.74, 6) is 1.17. The van der Waals surface area contributed by atoms with Gasteiger partial charge in [-0.1, -0.05) is 46.3 Å². The van der Waals surface area contributed by atoms with Crippen LogP contribution >= 0.6 is 0 Å². The van der Waals surface area contributed by atoms with Crippen LogP contribution in [0.2, 0.25) is 0 Å². The van der Waals surface area contributed by atoms with Gasteiger partial charge in [0.2, 0.25) is 0 Å². The summed E-state index contributed by atoms with van der Waals surface area (Å²) in [5.41, 5.74) is 3.03. The van der Waals surface area contributed by atoms with Crippen molar-refractivity contribution in [2.75, 3.05) is 6.61 Å². The average molecular weight is 539 g/mol. The van der Waals surface area contributed by atoms with E-state index < -0.39 is 5.60 Å². The number of hydrogen-bond donors (Lipinski definition) is 2. The van der Waals surface area contributed by atoms with Gasteiger partial charge >= 0.3 is 6.01 Å². The van der Waals surface area contributed by atoms with Crippen molar-refractivity contribution in [2.24, 2.45) is 39.9 Å². The molecule has 5 nitrogen and oxygen atoms in total. The number of fused-ring (bicyclic) bond motifs is 6. The van der Waals surface area contributed by atoms with Crippen molar-refractivity contribution in [3.05, 3.63) is 29.1 Å². The third-order valence-corrected chi connectivity index (χ3v) is 12.8. The number of nitrogens with zero attached hydrogens (tertiary/aromatic N) is 2. The summed E-state index contributed by atoms with van der Waals surface area (Å²) < 4.78 is 5.70. The lowest BCUT2D eigenvalue weighted by molar-refractivity contribution is -0.223. The lowest BCUT2D eigenvalue weighted by Crippen LogP contribution is -2.66. The van der Waals surface area contributed by atoms with Gasteiger partial charge in [0, 0.05) is 11.6 Å². The van der Waals surface area contributed by atoms with Crippen molar-refractivity contribution >= 4 is 0 Å². The van der Waals surface area contributed by atoms with Crippen LogP contribution < -0.4 is 4.74 Å². The second-order valence-corrected chi connectivity index (χ2v) is 15.5. The van der Waals surface area contributed by atoms with E-state index >= 15 is 0 Å². The number of hydrogen-bond acceptors (Lipinski definition) is 5. The van der Waals surface area contributed by atoms with Crippen LogP contribution in [-0.4, -0.2) is 38.5 Å². The van der Waals surface area contributed by atoms with Crippen molar-refractivity contribution in [3.63, 3.8) is 0 Å². The molecule has 0 saturated heterocycles. The summed E-state index contributed by atoms with van der Waals surface area (Å²) >= 11 is 0.